The van der Waals surface area contributed by atoms with Crippen molar-refractivity contribution in [2.75, 3.05) is 37.5 Å². The van der Waals surface area contributed by atoms with Gasteiger partial charge in [-0.15, -0.1) is 24.0 Å². The van der Waals surface area contributed by atoms with Gasteiger partial charge in [-0.1, -0.05) is 36.4 Å². The quantitative estimate of drug-likeness (QED) is 0.276. The lowest BCUT2D eigenvalue weighted by molar-refractivity contribution is 0.185. The van der Waals surface area contributed by atoms with Crippen LogP contribution in [0.3, 0.4) is 0 Å². The molecule has 3 N–H and O–H groups in total. The van der Waals surface area contributed by atoms with Crippen LogP contribution in [0.2, 0.25) is 0 Å². The van der Waals surface area contributed by atoms with Gasteiger partial charge in [0.1, 0.15) is 0 Å². The highest BCUT2D eigenvalue weighted by Crippen LogP contribution is 2.15. The molecule has 0 unspecified atom stereocenters. The molecule has 2 aromatic carbocycles. The number of hydrogen-bond acceptors (Lipinski definition) is 3. The number of methoxy groups -OCH3 is 1. The monoisotopic (exact) mass is 454 g/mol. The summed E-state index contributed by atoms with van der Waals surface area (Å²) in [4.78, 5) is 6.62. The molecule has 0 aliphatic carbocycles. The van der Waals surface area contributed by atoms with Crippen molar-refractivity contribution in [1.82, 2.24) is 0 Å². The summed E-state index contributed by atoms with van der Waals surface area (Å²) in [6, 6.07) is 18.2. The smallest absolute Gasteiger partial charge is 0.193 e. The Morgan fingerprint density at radius 3 is 2.52 bits per heavy atom. The zero-order valence-corrected chi connectivity index (χ0v) is 17.1. The van der Waals surface area contributed by atoms with E-state index in [1.807, 2.05) is 42.5 Å². The molecule has 0 aliphatic heterocycles. The third kappa shape index (κ3) is 7.31. The number of rotatable bonds is 8. The van der Waals surface area contributed by atoms with Gasteiger partial charge < -0.3 is 20.7 Å². The van der Waals surface area contributed by atoms with Crippen molar-refractivity contribution in [2.45, 2.75) is 13.0 Å². The lowest BCUT2D eigenvalue weighted by atomic mass is 10.2. The SMILES string of the molecule is COCc1ccccc1NC(N)=NCCCN(C)c1ccccc1.I. The van der Waals surface area contributed by atoms with Gasteiger partial charge in [0.15, 0.2) is 5.96 Å². The first-order valence-electron chi connectivity index (χ1n) is 8.10. The second-order valence-corrected chi connectivity index (χ2v) is 5.59. The molecule has 0 aliphatic rings. The predicted octanol–water partition coefficient (Wildman–Crippen LogP) is 3.70. The molecule has 0 atom stereocenters. The van der Waals surface area contributed by atoms with E-state index in [1.165, 1.54) is 5.69 Å². The minimum atomic E-state index is 0. The minimum Gasteiger partial charge on any atom is -0.380 e. The normalized spacial score (nSPS) is 10.9. The van der Waals surface area contributed by atoms with Crippen LogP contribution in [-0.2, 0) is 11.3 Å². The summed E-state index contributed by atoms with van der Waals surface area (Å²) in [6.45, 7) is 2.15. The standard InChI is InChI=1S/C19H26N4O.HI/c1-23(17-10-4-3-5-11-17)14-8-13-21-19(20)22-18-12-7-6-9-16(18)15-24-2;/h3-7,9-12H,8,13-15H2,1-2H3,(H3,20,21,22);1H. The molecule has 0 spiro atoms. The van der Waals surface area contributed by atoms with E-state index in [9.17, 15) is 0 Å². The fourth-order valence-electron chi connectivity index (χ4n) is 2.42. The van der Waals surface area contributed by atoms with Gasteiger partial charge in [0.05, 0.1) is 6.61 Å². The third-order valence-corrected chi connectivity index (χ3v) is 3.71. The van der Waals surface area contributed by atoms with Gasteiger partial charge in [0.25, 0.3) is 0 Å². The Morgan fingerprint density at radius 2 is 1.80 bits per heavy atom. The average molecular weight is 454 g/mol. The number of nitrogens with zero attached hydrogens (tertiary/aromatic N) is 2. The molecule has 2 aromatic rings. The van der Waals surface area contributed by atoms with E-state index < -0.39 is 0 Å². The largest absolute Gasteiger partial charge is 0.380 e. The first-order valence-corrected chi connectivity index (χ1v) is 8.10. The molecular weight excluding hydrogens is 427 g/mol. The van der Waals surface area contributed by atoms with Crippen molar-refractivity contribution in [1.29, 1.82) is 0 Å². The molecule has 0 aromatic heterocycles. The van der Waals surface area contributed by atoms with Crippen LogP contribution < -0.4 is 16.0 Å². The molecule has 0 fully saturated rings. The van der Waals surface area contributed by atoms with Crippen LogP contribution in [0.25, 0.3) is 0 Å². The van der Waals surface area contributed by atoms with E-state index >= 15 is 0 Å². The molecule has 6 heteroatoms. The number of benzene rings is 2. The van der Waals surface area contributed by atoms with Crippen LogP contribution >= 0.6 is 24.0 Å². The van der Waals surface area contributed by atoms with Gasteiger partial charge in [0.2, 0.25) is 0 Å². The Kier molecular flexibility index (Phi) is 9.94. The van der Waals surface area contributed by atoms with Gasteiger partial charge in [-0.2, -0.15) is 0 Å². The summed E-state index contributed by atoms with van der Waals surface area (Å²) in [5.74, 6) is 0.431. The zero-order chi connectivity index (χ0) is 17.2. The molecule has 0 heterocycles. The summed E-state index contributed by atoms with van der Waals surface area (Å²) in [5.41, 5.74) is 9.18. The Morgan fingerprint density at radius 1 is 1.12 bits per heavy atom. The molecule has 2 rings (SSSR count). The van der Waals surface area contributed by atoms with E-state index in [0.29, 0.717) is 19.1 Å². The Bertz CT molecular complexity index is 649. The predicted molar refractivity (Wildman–Crippen MR) is 117 cm³/mol. The Balaban J connectivity index is 0.00000312. The molecule has 0 radical (unpaired) electrons. The number of nitrogens with two attached hydrogens (primary N) is 1. The first kappa shape index (κ1) is 21.2. The molecule has 25 heavy (non-hydrogen) atoms. The van der Waals surface area contributed by atoms with Gasteiger partial charge in [-0.05, 0) is 24.6 Å². The van der Waals surface area contributed by atoms with E-state index in [2.05, 4.69) is 34.4 Å². The fourth-order valence-corrected chi connectivity index (χ4v) is 2.42. The Labute approximate surface area is 167 Å². The average Bonchev–Trinajstić information content (AvgIpc) is 2.61. The molecule has 5 nitrogen and oxygen atoms in total. The first-order chi connectivity index (χ1) is 11.7. The number of anilines is 2. The molecule has 0 saturated heterocycles. The zero-order valence-electron chi connectivity index (χ0n) is 14.8. The van der Waals surface area contributed by atoms with E-state index in [1.54, 1.807) is 7.11 Å². The molecule has 136 valence electrons. The molecular formula is C19H27IN4O. The van der Waals surface area contributed by atoms with Crippen LogP contribution in [0.1, 0.15) is 12.0 Å². The topological polar surface area (TPSA) is 62.9 Å². The maximum Gasteiger partial charge on any atom is 0.193 e. The number of guanidine groups is 1. The Hall–Kier alpha value is -1.80. The number of halogens is 1. The summed E-state index contributed by atoms with van der Waals surface area (Å²) in [7, 11) is 3.76. The van der Waals surface area contributed by atoms with Gasteiger partial charge in [0, 0.05) is 44.2 Å². The maximum atomic E-state index is 5.98. The van der Waals surface area contributed by atoms with Gasteiger partial charge in [-0.3, -0.25) is 4.99 Å². The lowest BCUT2D eigenvalue weighted by Gasteiger charge is -2.18. The van der Waals surface area contributed by atoms with Gasteiger partial charge >= 0.3 is 0 Å². The van der Waals surface area contributed by atoms with E-state index in [0.717, 1.165) is 24.2 Å². The summed E-state index contributed by atoms with van der Waals surface area (Å²) in [5, 5.41) is 3.15. The number of aliphatic imine (C=N–C) groups is 1. The third-order valence-electron chi connectivity index (χ3n) is 3.71. The number of para-hydroxylation sites is 2. The van der Waals surface area contributed by atoms with Gasteiger partial charge in [-0.25, -0.2) is 0 Å². The number of hydrogen-bond donors (Lipinski definition) is 2. The van der Waals surface area contributed by atoms with Crippen molar-refractivity contribution >= 4 is 41.3 Å². The lowest BCUT2D eigenvalue weighted by Crippen LogP contribution is -2.24. The van der Waals surface area contributed by atoms with Crippen LogP contribution in [0.5, 0.6) is 0 Å². The highest BCUT2D eigenvalue weighted by molar-refractivity contribution is 14.0. The minimum absolute atomic E-state index is 0. The van der Waals surface area contributed by atoms with Crippen molar-refractivity contribution in [3.05, 3.63) is 60.2 Å². The second-order valence-electron chi connectivity index (χ2n) is 5.59. The van der Waals surface area contributed by atoms with Crippen LogP contribution in [0, 0.1) is 0 Å². The molecule has 0 bridgehead atoms. The fraction of sp³-hybridized carbons (Fsp3) is 0.316. The van der Waals surface area contributed by atoms with Crippen molar-refractivity contribution in [3.63, 3.8) is 0 Å². The number of nitrogens with one attached hydrogen (secondary N) is 1. The summed E-state index contributed by atoms with van der Waals surface area (Å²) >= 11 is 0. The van der Waals surface area contributed by atoms with E-state index in [4.69, 9.17) is 10.5 Å². The maximum absolute atomic E-state index is 5.98. The summed E-state index contributed by atoms with van der Waals surface area (Å²) in [6.07, 6.45) is 0.938. The van der Waals surface area contributed by atoms with Crippen molar-refractivity contribution < 1.29 is 4.74 Å². The van der Waals surface area contributed by atoms with Crippen LogP contribution in [-0.4, -0.2) is 33.2 Å². The number of ether oxygens (including phenoxy) is 1. The van der Waals surface area contributed by atoms with E-state index in [-0.39, 0.29) is 24.0 Å². The van der Waals surface area contributed by atoms with Crippen LogP contribution in [0.15, 0.2) is 59.6 Å². The molecule has 0 amide bonds. The van der Waals surface area contributed by atoms with Crippen molar-refractivity contribution in [3.8, 4) is 0 Å². The van der Waals surface area contributed by atoms with Crippen LogP contribution in [0.4, 0.5) is 11.4 Å². The summed E-state index contributed by atoms with van der Waals surface area (Å²) < 4.78 is 5.19. The van der Waals surface area contributed by atoms with Crippen molar-refractivity contribution in [2.24, 2.45) is 10.7 Å². The highest BCUT2D eigenvalue weighted by Gasteiger charge is 2.03. The molecule has 0 saturated carbocycles. The second kappa shape index (κ2) is 11.7. The highest BCUT2D eigenvalue weighted by atomic mass is 127.